The van der Waals surface area contributed by atoms with E-state index >= 15 is 0 Å². The van der Waals surface area contributed by atoms with Crippen molar-refractivity contribution in [3.8, 4) is 0 Å². The Morgan fingerprint density at radius 2 is 1.62 bits per heavy atom. The van der Waals surface area contributed by atoms with E-state index < -0.39 is 12.3 Å². The van der Waals surface area contributed by atoms with E-state index in [0.717, 1.165) is 18.4 Å². The van der Waals surface area contributed by atoms with Crippen molar-refractivity contribution in [1.29, 1.82) is 0 Å². The number of benzene rings is 1. The number of nitrogens with zero attached hydrogens (tertiary/aromatic N) is 2. The Morgan fingerprint density at radius 3 is 2.24 bits per heavy atom. The Bertz CT molecular complexity index is 643. The van der Waals surface area contributed by atoms with Gasteiger partial charge in [0.1, 0.15) is 6.10 Å². The molecule has 0 radical (unpaired) electrons. The molecule has 0 spiro atoms. The van der Waals surface area contributed by atoms with Crippen LogP contribution in [0.15, 0.2) is 49.1 Å². The molecule has 1 aromatic carbocycles. The lowest BCUT2D eigenvalue weighted by atomic mass is 10.1. The van der Waals surface area contributed by atoms with Crippen LogP contribution in [0.5, 0.6) is 0 Å². The standard InChI is InChI=1S/C24H36N2O3/c1-2-3-4-5-6-7-8-9-10-14-19-28-24(27)29-23(20-26-18-17-25-21-26)22-15-12-11-13-16-22/h11-13,15-18,21,23H,2-10,14,19-20H2,1H3. The van der Waals surface area contributed by atoms with Crippen molar-refractivity contribution in [3.63, 3.8) is 0 Å². The molecular weight excluding hydrogens is 364 g/mol. The summed E-state index contributed by atoms with van der Waals surface area (Å²) >= 11 is 0. The molecule has 0 saturated carbocycles. The van der Waals surface area contributed by atoms with E-state index in [0.29, 0.717) is 13.2 Å². The SMILES string of the molecule is CCCCCCCCCCCCOC(=O)OC(Cn1ccnc1)c1ccccc1. The molecular formula is C24H36N2O3. The van der Waals surface area contributed by atoms with Gasteiger partial charge >= 0.3 is 6.16 Å². The maximum atomic E-state index is 12.1. The molecule has 1 heterocycles. The Hall–Kier alpha value is -2.30. The molecule has 1 atom stereocenters. The first-order valence-corrected chi connectivity index (χ1v) is 11.1. The first-order valence-electron chi connectivity index (χ1n) is 11.1. The lowest BCUT2D eigenvalue weighted by Crippen LogP contribution is -2.17. The van der Waals surface area contributed by atoms with Crippen LogP contribution >= 0.6 is 0 Å². The number of carbonyl (C=O) groups excluding carboxylic acids is 1. The first kappa shape index (κ1) is 23.0. The largest absolute Gasteiger partial charge is 0.508 e. The fraction of sp³-hybridized carbons (Fsp3) is 0.583. The predicted octanol–water partition coefficient (Wildman–Crippen LogP) is 6.70. The lowest BCUT2D eigenvalue weighted by Gasteiger charge is -2.18. The van der Waals surface area contributed by atoms with E-state index in [4.69, 9.17) is 9.47 Å². The molecule has 1 aromatic heterocycles. The van der Waals surface area contributed by atoms with Gasteiger partial charge in [-0.1, -0.05) is 95.0 Å². The fourth-order valence-electron chi connectivity index (χ4n) is 3.36. The summed E-state index contributed by atoms with van der Waals surface area (Å²) < 4.78 is 12.8. The van der Waals surface area contributed by atoms with Gasteiger partial charge < -0.3 is 14.0 Å². The van der Waals surface area contributed by atoms with Gasteiger partial charge in [-0.2, -0.15) is 0 Å². The highest BCUT2D eigenvalue weighted by atomic mass is 16.7. The summed E-state index contributed by atoms with van der Waals surface area (Å²) in [6.07, 6.45) is 16.8. The average Bonchev–Trinajstić information content (AvgIpc) is 3.25. The van der Waals surface area contributed by atoms with Gasteiger partial charge in [-0.05, 0) is 12.0 Å². The summed E-state index contributed by atoms with van der Waals surface area (Å²) in [5, 5.41) is 0. The second-order valence-corrected chi connectivity index (χ2v) is 7.56. The molecule has 0 aliphatic carbocycles. The highest BCUT2D eigenvalue weighted by Crippen LogP contribution is 2.20. The zero-order valence-electron chi connectivity index (χ0n) is 17.8. The number of carbonyl (C=O) groups is 1. The smallest absolute Gasteiger partial charge is 0.434 e. The van der Waals surface area contributed by atoms with E-state index in [-0.39, 0.29) is 0 Å². The minimum absolute atomic E-state index is 0.398. The molecule has 0 saturated heterocycles. The topological polar surface area (TPSA) is 53.4 Å². The van der Waals surface area contributed by atoms with Crippen molar-refractivity contribution < 1.29 is 14.3 Å². The number of ether oxygens (including phenoxy) is 2. The molecule has 2 rings (SSSR count). The zero-order valence-corrected chi connectivity index (χ0v) is 17.8. The van der Waals surface area contributed by atoms with Crippen molar-refractivity contribution in [2.75, 3.05) is 6.61 Å². The lowest BCUT2D eigenvalue weighted by molar-refractivity contribution is 0.0161. The molecule has 0 aliphatic rings. The molecule has 0 N–H and O–H groups in total. The van der Waals surface area contributed by atoms with Crippen LogP contribution in [0.1, 0.15) is 82.8 Å². The van der Waals surface area contributed by atoms with Gasteiger partial charge in [-0.25, -0.2) is 9.78 Å². The second-order valence-electron chi connectivity index (χ2n) is 7.56. The van der Waals surface area contributed by atoms with Gasteiger partial charge in [0.05, 0.1) is 19.5 Å². The van der Waals surface area contributed by atoms with Crippen molar-refractivity contribution in [2.45, 2.75) is 83.8 Å². The molecule has 2 aromatic rings. The Labute approximate surface area is 175 Å². The molecule has 29 heavy (non-hydrogen) atoms. The average molecular weight is 401 g/mol. The normalized spacial score (nSPS) is 11.9. The maximum absolute atomic E-state index is 12.1. The van der Waals surface area contributed by atoms with Crippen molar-refractivity contribution in [1.82, 2.24) is 9.55 Å². The maximum Gasteiger partial charge on any atom is 0.508 e. The Morgan fingerprint density at radius 1 is 0.966 bits per heavy atom. The molecule has 5 nitrogen and oxygen atoms in total. The third-order valence-electron chi connectivity index (χ3n) is 5.06. The summed E-state index contributed by atoms with van der Waals surface area (Å²) in [5.74, 6) is 0. The summed E-state index contributed by atoms with van der Waals surface area (Å²) in [5.41, 5.74) is 0.942. The minimum atomic E-state index is -0.602. The van der Waals surface area contributed by atoms with E-state index in [9.17, 15) is 4.79 Å². The van der Waals surface area contributed by atoms with Crippen LogP contribution in [-0.4, -0.2) is 22.3 Å². The molecule has 1 unspecified atom stereocenters. The minimum Gasteiger partial charge on any atom is -0.434 e. The van der Waals surface area contributed by atoms with Crippen LogP contribution < -0.4 is 0 Å². The van der Waals surface area contributed by atoms with Crippen LogP contribution in [0.25, 0.3) is 0 Å². The molecule has 5 heteroatoms. The highest BCUT2D eigenvalue weighted by Gasteiger charge is 2.18. The van der Waals surface area contributed by atoms with Crippen molar-refractivity contribution in [2.24, 2.45) is 0 Å². The zero-order chi connectivity index (χ0) is 20.6. The molecule has 0 aliphatic heterocycles. The number of hydrogen-bond acceptors (Lipinski definition) is 4. The van der Waals surface area contributed by atoms with Crippen LogP contribution in [0.3, 0.4) is 0 Å². The van der Waals surface area contributed by atoms with Gasteiger partial charge in [0.15, 0.2) is 0 Å². The monoisotopic (exact) mass is 400 g/mol. The van der Waals surface area contributed by atoms with Gasteiger partial charge in [-0.3, -0.25) is 0 Å². The van der Waals surface area contributed by atoms with Gasteiger partial charge in [0.25, 0.3) is 0 Å². The first-order chi connectivity index (χ1) is 14.3. The third-order valence-corrected chi connectivity index (χ3v) is 5.06. The number of imidazole rings is 1. The van der Waals surface area contributed by atoms with Crippen molar-refractivity contribution in [3.05, 3.63) is 54.6 Å². The third kappa shape index (κ3) is 10.2. The molecule has 0 amide bonds. The summed E-state index contributed by atoms with van der Waals surface area (Å²) in [4.78, 5) is 16.2. The number of aromatic nitrogens is 2. The van der Waals surface area contributed by atoms with Crippen LogP contribution in [-0.2, 0) is 16.0 Å². The highest BCUT2D eigenvalue weighted by molar-refractivity contribution is 5.60. The summed E-state index contributed by atoms with van der Waals surface area (Å²) in [7, 11) is 0. The van der Waals surface area contributed by atoms with Crippen LogP contribution in [0.2, 0.25) is 0 Å². The second kappa shape index (κ2) is 14.7. The predicted molar refractivity (Wildman–Crippen MR) is 116 cm³/mol. The molecule has 160 valence electrons. The number of hydrogen-bond donors (Lipinski definition) is 0. The van der Waals surface area contributed by atoms with Gasteiger partial charge in [0.2, 0.25) is 0 Å². The molecule has 0 bridgehead atoms. The number of rotatable bonds is 15. The Balaban J connectivity index is 1.60. The quantitative estimate of drug-likeness (QED) is 0.247. The van der Waals surface area contributed by atoms with E-state index in [1.165, 1.54) is 51.4 Å². The van der Waals surface area contributed by atoms with Gasteiger partial charge in [-0.15, -0.1) is 0 Å². The van der Waals surface area contributed by atoms with E-state index in [1.807, 2.05) is 41.1 Å². The fourth-order valence-corrected chi connectivity index (χ4v) is 3.36. The Kier molecular flexibility index (Phi) is 11.6. The summed E-state index contributed by atoms with van der Waals surface area (Å²) in [6.45, 7) is 3.18. The summed E-state index contributed by atoms with van der Waals surface area (Å²) in [6, 6.07) is 9.74. The van der Waals surface area contributed by atoms with Crippen LogP contribution in [0, 0.1) is 0 Å². The number of unbranched alkanes of at least 4 members (excludes halogenated alkanes) is 9. The van der Waals surface area contributed by atoms with E-state index in [1.54, 1.807) is 12.5 Å². The van der Waals surface area contributed by atoms with Crippen molar-refractivity contribution >= 4 is 6.16 Å². The van der Waals surface area contributed by atoms with Crippen LogP contribution in [0.4, 0.5) is 4.79 Å². The van der Waals surface area contributed by atoms with E-state index in [2.05, 4.69) is 11.9 Å². The molecule has 0 fully saturated rings. The van der Waals surface area contributed by atoms with Gasteiger partial charge in [0, 0.05) is 12.4 Å².